The van der Waals surface area contributed by atoms with Gasteiger partial charge in [-0.3, -0.25) is 0 Å². The Hall–Kier alpha value is -1.02. The zero-order valence-corrected chi connectivity index (χ0v) is 8.91. The maximum Gasteiger partial charge on any atom is 0.122 e. The van der Waals surface area contributed by atoms with E-state index in [2.05, 4.69) is 18.2 Å². The third-order valence-electron chi connectivity index (χ3n) is 3.43. The van der Waals surface area contributed by atoms with E-state index in [0.29, 0.717) is 0 Å². The molecule has 0 aromatic heterocycles. The van der Waals surface area contributed by atoms with E-state index in [4.69, 9.17) is 10.5 Å². The van der Waals surface area contributed by atoms with Crippen LogP contribution in [0.15, 0.2) is 18.2 Å². The molecule has 1 aromatic carbocycles. The fourth-order valence-corrected chi connectivity index (χ4v) is 2.29. The molecule has 15 heavy (non-hydrogen) atoms. The highest BCUT2D eigenvalue weighted by molar-refractivity contribution is 5.40. The Balaban J connectivity index is 1.78. The fourth-order valence-electron chi connectivity index (χ4n) is 2.29. The number of hydrogen-bond donors (Lipinski definition) is 1. The molecule has 0 bridgehead atoms. The van der Waals surface area contributed by atoms with Gasteiger partial charge in [0.2, 0.25) is 0 Å². The van der Waals surface area contributed by atoms with E-state index < -0.39 is 0 Å². The van der Waals surface area contributed by atoms with E-state index >= 15 is 0 Å². The predicted molar refractivity (Wildman–Crippen MR) is 59.9 cm³/mol. The van der Waals surface area contributed by atoms with Crippen LogP contribution in [0.2, 0.25) is 0 Å². The number of nitrogens with two attached hydrogens (primary N) is 1. The van der Waals surface area contributed by atoms with Crippen molar-refractivity contribution in [1.29, 1.82) is 0 Å². The van der Waals surface area contributed by atoms with Crippen LogP contribution in [0.25, 0.3) is 0 Å². The first-order valence-corrected chi connectivity index (χ1v) is 5.84. The number of hydrogen-bond acceptors (Lipinski definition) is 2. The van der Waals surface area contributed by atoms with Crippen molar-refractivity contribution in [1.82, 2.24) is 0 Å². The Kier molecular flexibility index (Phi) is 2.17. The Morgan fingerprint density at radius 2 is 2.27 bits per heavy atom. The smallest absolute Gasteiger partial charge is 0.122 e. The summed E-state index contributed by atoms with van der Waals surface area (Å²) in [6, 6.07) is 6.65. The molecule has 0 amide bonds. The van der Waals surface area contributed by atoms with Gasteiger partial charge in [0, 0.05) is 12.5 Å². The van der Waals surface area contributed by atoms with Crippen molar-refractivity contribution >= 4 is 0 Å². The summed E-state index contributed by atoms with van der Waals surface area (Å²) in [5, 5.41) is 0. The zero-order valence-electron chi connectivity index (χ0n) is 8.91. The first kappa shape index (κ1) is 9.22. The van der Waals surface area contributed by atoms with Crippen molar-refractivity contribution in [3.63, 3.8) is 0 Å². The maximum absolute atomic E-state index is 6.19. The van der Waals surface area contributed by atoms with Crippen molar-refractivity contribution < 1.29 is 4.74 Å². The third kappa shape index (κ3) is 1.86. The summed E-state index contributed by atoms with van der Waals surface area (Å²) < 4.78 is 5.49. The normalized spacial score (nSPS) is 20.9. The van der Waals surface area contributed by atoms with Gasteiger partial charge in [-0.2, -0.15) is 0 Å². The van der Waals surface area contributed by atoms with Crippen LogP contribution >= 0.6 is 0 Å². The fraction of sp³-hybridized carbons (Fsp3) is 0.538. The lowest BCUT2D eigenvalue weighted by atomic mass is 9.99. The molecule has 1 aliphatic heterocycles. The summed E-state index contributed by atoms with van der Waals surface area (Å²) in [6.45, 7) is 0.830. The topological polar surface area (TPSA) is 35.2 Å². The molecule has 0 unspecified atom stereocenters. The average molecular weight is 203 g/mol. The first-order valence-electron chi connectivity index (χ1n) is 5.84. The molecular formula is C13H17NO. The van der Waals surface area contributed by atoms with Gasteiger partial charge in [0.1, 0.15) is 5.75 Å². The molecule has 1 atom stereocenters. The van der Waals surface area contributed by atoms with Crippen LogP contribution in [-0.4, -0.2) is 6.61 Å². The highest BCUT2D eigenvalue weighted by Crippen LogP contribution is 2.37. The molecule has 80 valence electrons. The highest BCUT2D eigenvalue weighted by atomic mass is 16.5. The first-order chi connectivity index (χ1) is 7.33. The second kappa shape index (κ2) is 3.53. The molecule has 0 radical (unpaired) electrons. The molecule has 0 saturated heterocycles. The van der Waals surface area contributed by atoms with Crippen LogP contribution in [0.1, 0.15) is 36.4 Å². The highest BCUT2D eigenvalue weighted by Gasteiger charge is 2.25. The van der Waals surface area contributed by atoms with Crippen molar-refractivity contribution in [3.05, 3.63) is 29.3 Å². The molecule has 1 aromatic rings. The zero-order chi connectivity index (χ0) is 10.3. The Labute approximate surface area is 90.4 Å². The van der Waals surface area contributed by atoms with E-state index in [0.717, 1.165) is 31.1 Å². The van der Waals surface area contributed by atoms with Crippen LogP contribution in [0, 0.1) is 5.92 Å². The average Bonchev–Trinajstić information content (AvgIpc) is 2.94. The minimum Gasteiger partial charge on any atom is -0.493 e. The molecule has 2 nitrogen and oxygen atoms in total. The molecule has 2 heteroatoms. The molecule has 1 aliphatic carbocycles. The monoisotopic (exact) mass is 203 g/mol. The SMILES string of the molecule is N[C@H](CC1CC1)c1ccc2c(c1)CCO2. The molecule has 2 N–H and O–H groups in total. The number of fused-ring (bicyclic) bond motifs is 1. The van der Waals surface area contributed by atoms with Gasteiger partial charge in [-0.15, -0.1) is 0 Å². The van der Waals surface area contributed by atoms with E-state index in [1.807, 2.05) is 0 Å². The van der Waals surface area contributed by atoms with Gasteiger partial charge in [-0.05, 0) is 29.5 Å². The van der Waals surface area contributed by atoms with Gasteiger partial charge in [0.15, 0.2) is 0 Å². The van der Waals surface area contributed by atoms with Crippen LogP contribution < -0.4 is 10.5 Å². The van der Waals surface area contributed by atoms with Crippen LogP contribution in [-0.2, 0) is 6.42 Å². The quantitative estimate of drug-likeness (QED) is 0.818. The van der Waals surface area contributed by atoms with E-state index in [-0.39, 0.29) is 6.04 Å². The number of benzene rings is 1. The van der Waals surface area contributed by atoms with Gasteiger partial charge in [0.05, 0.1) is 6.61 Å². The molecule has 0 spiro atoms. The van der Waals surface area contributed by atoms with Crippen LogP contribution in [0.5, 0.6) is 5.75 Å². The van der Waals surface area contributed by atoms with Crippen molar-refractivity contribution in [3.8, 4) is 5.75 Å². The van der Waals surface area contributed by atoms with Crippen molar-refractivity contribution in [2.24, 2.45) is 11.7 Å². The number of rotatable bonds is 3. The lowest BCUT2D eigenvalue weighted by Gasteiger charge is -2.12. The molecule has 2 aliphatic rings. The predicted octanol–water partition coefficient (Wildman–Crippen LogP) is 2.42. The van der Waals surface area contributed by atoms with Crippen molar-refractivity contribution in [2.75, 3.05) is 6.61 Å². The second-order valence-electron chi connectivity index (χ2n) is 4.75. The summed E-state index contributed by atoms with van der Waals surface area (Å²) in [7, 11) is 0. The summed E-state index contributed by atoms with van der Waals surface area (Å²) >= 11 is 0. The molecule has 1 saturated carbocycles. The van der Waals surface area contributed by atoms with E-state index in [1.165, 1.54) is 24.0 Å². The van der Waals surface area contributed by atoms with Gasteiger partial charge < -0.3 is 10.5 Å². The lowest BCUT2D eigenvalue weighted by molar-refractivity contribution is 0.357. The van der Waals surface area contributed by atoms with Gasteiger partial charge in [-0.25, -0.2) is 0 Å². The largest absolute Gasteiger partial charge is 0.493 e. The molecule has 1 fully saturated rings. The van der Waals surface area contributed by atoms with Gasteiger partial charge >= 0.3 is 0 Å². The van der Waals surface area contributed by atoms with E-state index in [9.17, 15) is 0 Å². The summed E-state index contributed by atoms with van der Waals surface area (Å²) in [4.78, 5) is 0. The molecule has 1 heterocycles. The Bertz CT molecular complexity index is 371. The number of ether oxygens (including phenoxy) is 1. The summed E-state index contributed by atoms with van der Waals surface area (Å²) in [5.74, 6) is 1.95. The van der Waals surface area contributed by atoms with E-state index in [1.54, 1.807) is 0 Å². The summed E-state index contributed by atoms with van der Waals surface area (Å²) in [6.07, 6.45) is 4.95. The van der Waals surface area contributed by atoms with Crippen LogP contribution in [0.4, 0.5) is 0 Å². The molecular weight excluding hydrogens is 186 g/mol. The Morgan fingerprint density at radius 1 is 1.40 bits per heavy atom. The minimum absolute atomic E-state index is 0.225. The van der Waals surface area contributed by atoms with Gasteiger partial charge in [-0.1, -0.05) is 25.0 Å². The summed E-state index contributed by atoms with van der Waals surface area (Å²) in [5.41, 5.74) is 8.80. The van der Waals surface area contributed by atoms with Crippen molar-refractivity contribution in [2.45, 2.75) is 31.7 Å². The van der Waals surface area contributed by atoms with Gasteiger partial charge in [0.25, 0.3) is 0 Å². The second-order valence-corrected chi connectivity index (χ2v) is 4.75. The maximum atomic E-state index is 6.19. The third-order valence-corrected chi connectivity index (χ3v) is 3.43. The Morgan fingerprint density at radius 3 is 3.07 bits per heavy atom. The standard InChI is InChI=1S/C13H17NO/c14-12(7-9-1-2-9)10-3-4-13-11(8-10)5-6-15-13/h3-4,8-9,12H,1-2,5-7,14H2/t12-/m1/s1. The molecule has 3 rings (SSSR count). The van der Waals surface area contributed by atoms with Crippen LogP contribution in [0.3, 0.4) is 0 Å². The lowest BCUT2D eigenvalue weighted by Crippen LogP contribution is -2.11. The minimum atomic E-state index is 0.225.